The van der Waals surface area contributed by atoms with Gasteiger partial charge in [0.15, 0.2) is 5.76 Å². The van der Waals surface area contributed by atoms with Crippen molar-refractivity contribution in [2.45, 2.75) is 0 Å². The number of aromatic nitrogens is 1. The summed E-state index contributed by atoms with van der Waals surface area (Å²) in [6, 6.07) is 25.2. The van der Waals surface area contributed by atoms with Crippen molar-refractivity contribution in [3.05, 3.63) is 95.6 Å². The summed E-state index contributed by atoms with van der Waals surface area (Å²) in [6.07, 6.45) is 1.68. The molecule has 0 N–H and O–H groups in total. The summed E-state index contributed by atoms with van der Waals surface area (Å²) in [6.45, 7) is 2.95. The van der Waals surface area contributed by atoms with Gasteiger partial charge in [-0.3, -0.25) is 4.79 Å². The molecule has 1 fully saturated rings. The van der Waals surface area contributed by atoms with Gasteiger partial charge in [-0.2, -0.15) is 0 Å². The molecule has 5 nitrogen and oxygen atoms in total. The van der Waals surface area contributed by atoms with E-state index in [1.165, 1.54) is 5.69 Å². The van der Waals surface area contributed by atoms with Crippen LogP contribution >= 0.6 is 11.6 Å². The number of nitrogens with zero attached hydrogens (tertiary/aromatic N) is 3. The molecule has 1 aromatic heterocycles. The smallest absolute Gasteiger partial charge is 0.254 e. The number of carbonyl (C=O) groups excluding carboxylic acids is 1. The number of hydrogen-bond donors (Lipinski definition) is 0. The number of anilines is 1. The lowest BCUT2D eigenvalue weighted by atomic mass is 10.1. The van der Waals surface area contributed by atoms with E-state index >= 15 is 0 Å². The third-order valence-electron chi connectivity index (χ3n) is 5.71. The van der Waals surface area contributed by atoms with E-state index in [-0.39, 0.29) is 5.91 Å². The van der Waals surface area contributed by atoms with Gasteiger partial charge in [0.05, 0.1) is 11.8 Å². The quantitative estimate of drug-likeness (QED) is 0.410. The molecule has 2 heterocycles. The number of rotatable bonds is 4. The number of para-hydroxylation sites is 1. The van der Waals surface area contributed by atoms with Crippen LogP contribution in [0.1, 0.15) is 10.4 Å². The van der Waals surface area contributed by atoms with Gasteiger partial charge < -0.3 is 14.2 Å². The summed E-state index contributed by atoms with van der Waals surface area (Å²) in [7, 11) is 0. The topological polar surface area (TPSA) is 49.6 Å². The molecule has 0 atom stereocenters. The van der Waals surface area contributed by atoms with Crippen LogP contribution in [0.2, 0.25) is 5.02 Å². The Kier molecular flexibility index (Phi) is 5.65. The molecule has 4 aromatic rings. The second-order valence-corrected chi connectivity index (χ2v) is 8.13. The maximum absolute atomic E-state index is 13.4. The second kappa shape index (κ2) is 8.89. The van der Waals surface area contributed by atoms with Crippen LogP contribution < -0.4 is 4.90 Å². The Hall–Kier alpha value is -3.57. The van der Waals surface area contributed by atoms with E-state index < -0.39 is 0 Å². The van der Waals surface area contributed by atoms with Crippen LogP contribution in [0.4, 0.5) is 5.69 Å². The van der Waals surface area contributed by atoms with Crippen molar-refractivity contribution in [3.8, 4) is 22.8 Å². The van der Waals surface area contributed by atoms with E-state index in [4.69, 9.17) is 16.0 Å². The molecule has 160 valence electrons. The molecule has 0 bridgehead atoms. The first-order valence-corrected chi connectivity index (χ1v) is 11.0. The molecule has 0 saturated carbocycles. The molecule has 32 heavy (non-hydrogen) atoms. The highest BCUT2D eigenvalue weighted by Crippen LogP contribution is 2.30. The summed E-state index contributed by atoms with van der Waals surface area (Å²) < 4.78 is 6.02. The Balaban J connectivity index is 1.35. The largest absolute Gasteiger partial charge is 0.436 e. The first-order valence-electron chi connectivity index (χ1n) is 10.6. The minimum atomic E-state index is -0.000412. The van der Waals surface area contributed by atoms with Gasteiger partial charge in [0.2, 0.25) is 5.89 Å². The van der Waals surface area contributed by atoms with Gasteiger partial charge in [-0.05, 0) is 48.5 Å². The van der Waals surface area contributed by atoms with E-state index in [1.54, 1.807) is 6.20 Å². The fourth-order valence-corrected chi connectivity index (χ4v) is 4.11. The Morgan fingerprint density at radius 2 is 1.53 bits per heavy atom. The van der Waals surface area contributed by atoms with Crippen LogP contribution in [0, 0.1) is 0 Å². The molecule has 0 spiro atoms. The highest BCUT2D eigenvalue weighted by Gasteiger charge is 2.25. The zero-order valence-electron chi connectivity index (χ0n) is 17.4. The molecule has 0 aliphatic carbocycles. The van der Waals surface area contributed by atoms with Crippen molar-refractivity contribution >= 4 is 23.2 Å². The van der Waals surface area contributed by atoms with Crippen molar-refractivity contribution < 1.29 is 9.21 Å². The minimum absolute atomic E-state index is 0.000412. The van der Waals surface area contributed by atoms with E-state index in [9.17, 15) is 4.79 Å². The van der Waals surface area contributed by atoms with Gasteiger partial charge in [-0.15, -0.1) is 0 Å². The predicted molar refractivity (Wildman–Crippen MR) is 127 cm³/mol. The van der Waals surface area contributed by atoms with Crippen LogP contribution in [-0.4, -0.2) is 42.0 Å². The number of halogens is 1. The monoisotopic (exact) mass is 443 g/mol. The lowest BCUT2D eigenvalue weighted by molar-refractivity contribution is 0.0747. The van der Waals surface area contributed by atoms with Crippen LogP contribution in [0.5, 0.6) is 0 Å². The summed E-state index contributed by atoms with van der Waals surface area (Å²) in [5.74, 6) is 1.07. The zero-order chi connectivity index (χ0) is 21.9. The van der Waals surface area contributed by atoms with E-state index in [1.807, 2.05) is 71.6 Å². The first kappa shape index (κ1) is 20.3. The fourth-order valence-electron chi connectivity index (χ4n) is 3.98. The normalized spacial score (nSPS) is 13.9. The minimum Gasteiger partial charge on any atom is -0.436 e. The van der Waals surface area contributed by atoms with Crippen molar-refractivity contribution in [1.82, 2.24) is 9.88 Å². The van der Waals surface area contributed by atoms with Gasteiger partial charge in [0.1, 0.15) is 0 Å². The van der Waals surface area contributed by atoms with E-state index in [0.717, 1.165) is 18.7 Å². The Morgan fingerprint density at radius 3 is 2.28 bits per heavy atom. The molecular weight excluding hydrogens is 422 g/mol. The molecule has 0 radical (unpaired) electrons. The van der Waals surface area contributed by atoms with Crippen LogP contribution in [-0.2, 0) is 0 Å². The lowest BCUT2D eigenvalue weighted by Crippen LogP contribution is -2.48. The highest BCUT2D eigenvalue weighted by molar-refractivity contribution is 6.30. The van der Waals surface area contributed by atoms with Crippen molar-refractivity contribution in [2.24, 2.45) is 0 Å². The second-order valence-electron chi connectivity index (χ2n) is 7.70. The summed E-state index contributed by atoms with van der Waals surface area (Å²) >= 11 is 5.98. The molecular formula is C26H22ClN3O2. The number of oxazole rings is 1. The van der Waals surface area contributed by atoms with Gasteiger partial charge in [-0.1, -0.05) is 41.9 Å². The molecule has 0 unspecified atom stereocenters. The molecule has 1 aliphatic rings. The van der Waals surface area contributed by atoms with E-state index in [2.05, 4.69) is 22.0 Å². The SMILES string of the molecule is O=C(c1ccccc1-c1ncc(-c2ccc(Cl)cc2)o1)N1CCN(c2ccccc2)CC1. The third-order valence-corrected chi connectivity index (χ3v) is 5.96. The number of piperazine rings is 1. The van der Waals surface area contributed by atoms with Gasteiger partial charge in [0, 0.05) is 48.0 Å². The summed E-state index contributed by atoms with van der Waals surface area (Å²) in [5.41, 5.74) is 3.37. The summed E-state index contributed by atoms with van der Waals surface area (Å²) in [5, 5.41) is 0.664. The predicted octanol–water partition coefficient (Wildman–Crippen LogP) is 5.62. The van der Waals surface area contributed by atoms with E-state index in [0.29, 0.717) is 40.9 Å². The van der Waals surface area contributed by atoms with Crippen molar-refractivity contribution in [1.29, 1.82) is 0 Å². The van der Waals surface area contributed by atoms with Crippen LogP contribution in [0.15, 0.2) is 89.5 Å². The average Bonchev–Trinajstić information content (AvgIpc) is 3.35. The fraction of sp³-hybridized carbons (Fsp3) is 0.154. The van der Waals surface area contributed by atoms with Crippen LogP contribution in [0.3, 0.4) is 0 Å². The molecule has 1 amide bonds. The Labute approximate surface area is 191 Å². The van der Waals surface area contributed by atoms with Gasteiger partial charge in [0.25, 0.3) is 5.91 Å². The van der Waals surface area contributed by atoms with Crippen LogP contribution in [0.25, 0.3) is 22.8 Å². The van der Waals surface area contributed by atoms with Crippen molar-refractivity contribution in [2.75, 3.05) is 31.1 Å². The lowest BCUT2D eigenvalue weighted by Gasteiger charge is -2.36. The molecule has 1 saturated heterocycles. The Bertz CT molecular complexity index is 1210. The molecule has 6 heteroatoms. The third kappa shape index (κ3) is 4.12. The standard InChI is InChI=1S/C26H22ClN3O2/c27-20-12-10-19(11-13-20)24-18-28-25(32-24)22-8-4-5-9-23(22)26(31)30-16-14-29(15-17-30)21-6-2-1-3-7-21/h1-13,18H,14-17H2. The average molecular weight is 444 g/mol. The molecule has 3 aromatic carbocycles. The number of hydrogen-bond acceptors (Lipinski definition) is 4. The maximum atomic E-state index is 13.4. The molecule has 5 rings (SSSR count). The number of benzene rings is 3. The molecule has 1 aliphatic heterocycles. The van der Waals surface area contributed by atoms with Gasteiger partial charge >= 0.3 is 0 Å². The first-order chi connectivity index (χ1) is 15.7. The highest BCUT2D eigenvalue weighted by atomic mass is 35.5. The zero-order valence-corrected chi connectivity index (χ0v) is 18.2. The number of carbonyl (C=O) groups is 1. The van der Waals surface area contributed by atoms with Crippen molar-refractivity contribution in [3.63, 3.8) is 0 Å². The van der Waals surface area contributed by atoms with Gasteiger partial charge in [-0.25, -0.2) is 4.98 Å². The summed E-state index contributed by atoms with van der Waals surface area (Å²) in [4.78, 5) is 22.0. The number of amides is 1. The maximum Gasteiger partial charge on any atom is 0.254 e. The Morgan fingerprint density at radius 1 is 0.844 bits per heavy atom.